The van der Waals surface area contributed by atoms with E-state index in [1.165, 1.54) is 0 Å². The van der Waals surface area contributed by atoms with Crippen LogP contribution in [0.2, 0.25) is 5.02 Å². The molecule has 0 aliphatic carbocycles. The first-order chi connectivity index (χ1) is 15.0. The van der Waals surface area contributed by atoms with Crippen molar-refractivity contribution in [2.75, 3.05) is 0 Å². The predicted octanol–water partition coefficient (Wildman–Crippen LogP) is 7.25. The summed E-state index contributed by atoms with van der Waals surface area (Å²) in [5, 5.41) is 12.3. The molecule has 0 amide bonds. The molecule has 0 fully saturated rings. The molecule has 1 heterocycles. The van der Waals surface area contributed by atoms with Crippen molar-refractivity contribution >= 4 is 61.9 Å². The Balaban J connectivity index is 1.57. The number of ether oxygens (including phenoxy) is 1. The molecular formula is C22H15Br2ClN4OS. The highest BCUT2D eigenvalue weighted by Crippen LogP contribution is 2.35. The minimum atomic E-state index is 0.356. The Hall–Kier alpha value is -2.26. The summed E-state index contributed by atoms with van der Waals surface area (Å²) in [6.07, 6.45) is 1.71. The monoisotopic (exact) mass is 576 g/mol. The van der Waals surface area contributed by atoms with Crippen LogP contribution in [0.25, 0.3) is 11.4 Å². The van der Waals surface area contributed by atoms with Gasteiger partial charge >= 0.3 is 0 Å². The summed E-state index contributed by atoms with van der Waals surface area (Å²) < 4.78 is 9.55. The van der Waals surface area contributed by atoms with Crippen molar-refractivity contribution < 1.29 is 4.74 Å². The first kappa shape index (κ1) is 22.0. The Bertz CT molecular complexity index is 1280. The van der Waals surface area contributed by atoms with Gasteiger partial charge < -0.3 is 4.74 Å². The zero-order valence-corrected chi connectivity index (χ0v) is 20.7. The lowest BCUT2D eigenvalue weighted by atomic mass is 10.2. The number of nitrogens with zero attached hydrogens (tertiary/aromatic N) is 3. The second kappa shape index (κ2) is 9.91. The van der Waals surface area contributed by atoms with Crippen LogP contribution in [-0.2, 0) is 6.61 Å². The van der Waals surface area contributed by atoms with E-state index in [1.54, 1.807) is 10.9 Å². The predicted molar refractivity (Wildman–Crippen MR) is 133 cm³/mol. The van der Waals surface area contributed by atoms with Gasteiger partial charge in [-0.1, -0.05) is 60.1 Å². The molecule has 3 aromatic carbocycles. The largest absolute Gasteiger partial charge is 0.486 e. The molecule has 0 radical (unpaired) electrons. The summed E-state index contributed by atoms with van der Waals surface area (Å²) in [6, 6.07) is 21.2. The van der Waals surface area contributed by atoms with Crippen molar-refractivity contribution in [3.63, 3.8) is 0 Å². The van der Waals surface area contributed by atoms with E-state index in [-0.39, 0.29) is 0 Å². The van der Waals surface area contributed by atoms with Gasteiger partial charge in [0.25, 0.3) is 0 Å². The molecule has 156 valence electrons. The van der Waals surface area contributed by atoms with Crippen molar-refractivity contribution in [2.24, 2.45) is 5.10 Å². The molecule has 0 spiro atoms. The summed E-state index contributed by atoms with van der Waals surface area (Å²) in [4.78, 5) is 0. The van der Waals surface area contributed by atoms with Gasteiger partial charge in [0.1, 0.15) is 12.4 Å². The van der Waals surface area contributed by atoms with Gasteiger partial charge in [-0.05, 0) is 67.8 Å². The summed E-state index contributed by atoms with van der Waals surface area (Å²) in [5.74, 6) is 1.32. The van der Waals surface area contributed by atoms with E-state index in [0.29, 0.717) is 28.0 Å². The minimum absolute atomic E-state index is 0.356. The smallest absolute Gasteiger partial charge is 0.216 e. The van der Waals surface area contributed by atoms with Crippen molar-refractivity contribution in [3.05, 3.63) is 96.6 Å². The van der Waals surface area contributed by atoms with Gasteiger partial charge in [-0.3, -0.25) is 0 Å². The number of H-pyrrole nitrogens is 1. The highest BCUT2D eigenvalue weighted by atomic mass is 79.9. The number of rotatable bonds is 6. The van der Waals surface area contributed by atoms with Gasteiger partial charge in [-0.25, -0.2) is 5.10 Å². The van der Waals surface area contributed by atoms with Crippen LogP contribution in [0.15, 0.2) is 80.8 Å². The van der Waals surface area contributed by atoms with Gasteiger partial charge in [-0.15, -0.1) is 0 Å². The number of halogens is 3. The maximum Gasteiger partial charge on any atom is 0.216 e. The van der Waals surface area contributed by atoms with Gasteiger partial charge in [0.15, 0.2) is 5.82 Å². The van der Waals surface area contributed by atoms with E-state index in [1.807, 2.05) is 66.7 Å². The van der Waals surface area contributed by atoms with E-state index in [4.69, 9.17) is 28.6 Å². The summed E-state index contributed by atoms with van der Waals surface area (Å²) in [6.45, 7) is 0.356. The molecule has 31 heavy (non-hydrogen) atoms. The van der Waals surface area contributed by atoms with Gasteiger partial charge in [-0.2, -0.15) is 14.9 Å². The van der Waals surface area contributed by atoms with Crippen LogP contribution in [0.5, 0.6) is 5.75 Å². The molecule has 0 unspecified atom stereocenters. The van der Waals surface area contributed by atoms with Gasteiger partial charge in [0.2, 0.25) is 4.77 Å². The number of nitrogens with one attached hydrogen (secondary N) is 1. The minimum Gasteiger partial charge on any atom is -0.486 e. The number of aromatic nitrogens is 3. The first-order valence-electron chi connectivity index (χ1n) is 9.15. The van der Waals surface area contributed by atoms with E-state index in [2.05, 4.69) is 47.2 Å². The molecule has 0 saturated heterocycles. The van der Waals surface area contributed by atoms with E-state index in [9.17, 15) is 0 Å². The van der Waals surface area contributed by atoms with Gasteiger partial charge in [0, 0.05) is 16.1 Å². The average Bonchev–Trinajstić information content (AvgIpc) is 3.14. The molecule has 0 atom stereocenters. The quantitative estimate of drug-likeness (QED) is 0.194. The van der Waals surface area contributed by atoms with E-state index >= 15 is 0 Å². The number of hydrogen-bond acceptors (Lipinski definition) is 4. The molecule has 5 nitrogen and oxygen atoms in total. The molecule has 0 saturated carbocycles. The number of aromatic amines is 1. The molecule has 1 aromatic heterocycles. The third kappa shape index (κ3) is 5.15. The standard InChI is InChI=1S/C22H15Br2ClN4OS/c23-17-10-14(11-18(24)20(17)30-13-16-8-4-5-9-19(16)25)12-26-29-21(27-28-22(29)31)15-6-2-1-3-7-15/h1-12H,13H2,(H,28,31)/b26-12-. The summed E-state index contributed by atoms with van der Waals surface area (Å²) >= 11 is 18.7. The highest BCUT2D eigenvalue weighted by Gasteiger charge is 2.11. The zero-order chi connectivity index (χ0) is 21.8. The van der Waals surface area contributed by atoms with E-state index < -0.39 is 0 Å². The van der Waals surface area contributed by atoms with Crippen molar-refractivity contribution in [3.8, 4) is 17.1 Å². The Morgan fingerprint density at radius 3 is 2.45 bits per heavy atom. The van der Waals surface area contributed by atoms with Crippen molar-refractivity contribution in [1.29, 1.82) is 0 Å². The molecule has 0 bridgehead atoms. The average molecular weight is 579 g/mol. The Kier molecular flexibility index (Phi) is 7.02. The fraction of sp³-hybridized carbons (Fsp3) is 0.0455. The Morgan fingerprint density at radius 1 is 1.06 bits per heavy atom. The molecule has 0 aliphatic heterocycles. The van der Waals surface area contributed by atoms with Crippen molar-refractivity contribution in [2.45, 2.75) is 6.61 Å². The highest BCUT2D eigenvalue weighted by molar-refractivity contribution is 9.11. The topological polar surface area (TPSA) is 55.2 Å². The van der Waals surface area contributed by atoms with Crippen molar-refractivity contribution in [1.82, 2.24) is 14.9 Å². The maximum atomic E-state index is 6.22. The SMILES string of the molecule is S=c1[nH]nc(-c2ccccc2)n1/N=C\c1cc(Br)c(OCc2ccccc2Cl)c(Br)c1. The molecule has 9 heteroatoms. The van der Waals surface area contributed by atoms with Crippen LogP contribution in [-0.4, -0.2) is 21.1 Å². The molecule has 1 N–H and O–H groups in total. The lowest BCUT2D eigenvalue weighted by molar-refractivity contribution is 0.302. The fourth-order valence-electron chi connectivity index (χ4n) is 2.85. The first-order valence-corrected chi connectivity index (χ1v) is 11.5. The lowest BCUT2D eigenvalue weighted by Crippen LogP contribution is -1.99. The molecule has 0 aliphatic rings. The van der Waals surface area contributed by atoms with Crippen LogP contribution in [0, 0.1) is 4.77 Å². The maximum absolute atomic E-state index is 6.22. The summed E-state index contributed by atoms with van der Waals surface area (Å²) in [7, 11) is 0. The zero-order valence-electron chi connectivity index (χ0n) is 15.9. The van der Waals surface area contributed by atoms with Crippen LogP contribution in [0.1, 0.15) is 11.1 Å². The summed E-state index contributed by atoms with van der Waals surface area (Å²) in [5.41, 5.74) is 2.68. The van der Waals surface area contributed by atoms with Crippen LogP contribution in [0.4, 0.5) is 0 Å². The number of hydrogen-bond donors (Lipinski definition) is 1. The van der Waals surface area contributed by atoms with Crippen LogP contribution < -0.4 is 4.74 Å². The van der Waals surface area contributed by atoms with Gasteiger partial charge in [0.05, 0.1) is 15.2 Å². The van der Waals surface area contributed by atoms with E-state index in [0.717, 1.165) is 25.6 Å². The second-order valence-corrected chi connectivity index (χ2v) is 8.97. The number of benzene rings is 3. The third-order valence-electron chi connectivity index (χ3n) is 4.36. The van der Waals surface area contributed by atoms with Crippen LogP contribution in [0.3, 0.4) is 0 Å². The third-order valence-corrected chi connectivity index (χ3v) is 6.17. The molecule has 4 rings (SSSR count). The Morgan fingerprint density at radius 2 is 1.74 bits per heavy atom. The fourth-order valence-corrected chi connectivity index (χ4v) is 4.67. The molecular weight excluding hydrogens is 564 g/mol. The normalized spacial score (nSPS) is 11.2. The lowest BCUT2D eigenvalue weighted by Gasteiger charge is -2.12. The molecule has 4 aromatic rings. The van der Waals surface area contributed by atoms with Crippen LogP contribution >= 0.6 is 55.7 Å². The Labute approximate surface area is 206 Å². The second-order valence-electron chi connectivity index (χ2n) is 6.47.